The van der Waals surface area contributed by atoms with E-state index >= 15 is 0 Å². The van der Waals surface area contributed by atoms with Crippen LogP contribution in [0.4, 0.5) is 0 Å². The molecule has 0 aliphatic carbocycles. The zero-order valence-electron chi connectivity index (χ0n) is 9.78. The minimum Gasteiger partial charge on any atom is -0.497 e. The van der Waals surface area contributed by atoms with E-state index in [1.54, 1.807) is 7.11 Å². The van der Waals surface area contributed by atoms with Gasteiger partial charge >= 0.3 is 0 Å². The largest absolute Gasteiger partial charge is 0.497 e. The number of aldehydes is 1. The molecule has 0 spiro atoms. The van der Waals surface area contributed by atoms with Gasteiger partial charge in [0.1, 0.15) is 12.0 Å². The number of methoxy groups -OCH3 is 1. The molecular formula is C12H18O2Si. The smallest absolute Gasteiger partial charge is 0.120 e. The lowest BCUT2D eigenvalue weighted by molar-refractivity contribution is -0.107. The number of rotatable bonds is 4. The Balaban J connectivity index is 2.99. The second-order valence-corrected chi connectivity index (χ2v) is 9.31. The van der Waals surface area contributed by atoms with E-state index in [-0.39, 0.29) is 5.54 Å². The third kappa shape index (κ3) is 2.48. The van der Waals surface area contributed by atoms with Crippen LogP contribution in [0, 0.1) is 0 Å². The van der Waals surface area contributed by atoms with Gasteiger partial charge in [0.2, 0.25) is 0 Å². The Morgan fingerprint density at radius 3 is 2.20 bits per heavy atom. The van der Waals surface area contributed by atoms with Gasteiger partial charge in [-0.3, -0.25) is 0 Å². The molecule has 1 aromatic carbocycles. The van der Waals surface area contributed by atoms with Crippen molar-refractivity contribution in [2.24, 2.45) is 0 Å². The third-order valence-corrected chi connectivity index (χ3v) is 7.41. The van der Waals surface area contributed by atoms with Gasteiger partial charge in [-0.25, -0.2) is 0 Å². The average molecular weight is 222 g/mol. The molecule has 0 saturated carbocycles. The summed E-state index contributed by atoms with van der Waals surface area (Å²) in [6.07, 6.45) is 1.07. The predicted octanol–water partition coefficient (Wildman–Crippen LogP) is 2.20. The summed E-state index contributed by atoms with van der Waals surface area (Å²) in [5, 5.41) is 1.29. The molecule has 2 nitrogen and oxygen atoms in total. The van der Waals surface area contributed by atoms with Gasteiger partial charge in [-0.05, 0) is 12.1 Å². The van der Waals surface area contributed by atoms with E-state index < -0.39 is 8.07 Å². The lowest BCUT2D eigenvalue weighted by Crippen LogP contribution is -2.45. The van der Waals surface area contributed by atoms with Crippen LogP contribution in [0.2, 0.25) is 18.6 Å². The normalized spacial score (nSPS) is 13.3. The van der Waals surface area contributed by atoms with Gasteiger partial charge in [-0.15, -0.1) is 0 Å². The van der Waals surface area contributed by atoms with Crippen LogP contribution < -0.4 is 9.92 Å². The van der Waals surface area contributed by atoms with Crippen molar-refractivity contribution in [2.75, 3.05) is 7.11 Å². The first-order valence-corrected chi connectivity index (χ1v) is 8.20. The maximum atomic E-state index is 10.9. The molecule has 0 fully saturated rings. The quantitative estimate of drug-likeness (QED) is 0.576. The molecule has 0 amide bonds. The molecule has 15 heavy (non-hydrogen) atoms. The first-order valence-electron chi connectivity index (χ1n) is 5.12. The number of hydrogen-bond acceptors (Lipinski definition) is 2. The zero-order valence-corrected chi connectivity index (χ0v) is 10.8. The Morgan fingerprint density at radius 2 is 1.80 bits per heavy atom. The molecule has 0 heterocycles. The van der Waals surface area contributed by atoms with E-state index in [2.05, 4.69) is 25.2 Å². The van der Waals surface area contributed by atoms with Gasteiger partial charge < -0.3 is 9.53 Å². The van der Waals surface area contributed by atoms with Crippen molar-refractivity contribution in [2.45, 2.75) is 25.6 Å². The molecule has 0 radical (unpaired) electrons. The van der Waals surface area contributed by atoms with Crippen molar-refractivity contribution in [1.29, 1.82) is 0 Å². The van der Waals surface area contributed by atoms with Crippen LogP contribution >= 0.6 is 0 Å². The van der Waals surface area contributed by atoms with Crippen molar-refractivity contribution in [3.63, 3.8) is 0 Å². The molecule has 82 valence electrons. The molecule has 0 saturated heterocycles. The van der Waals surface area contributed by atoms with Crippen molar-refractivity contribution in [3.8, 4) is 5.75 Å². The maximum absolute atomic E-state index is 10.9. The molecular weight excluding hydrogens is 204 g/mol. The number of carbonyl (C=O) groups is 1. The molecule has 1 rings (SSSR count). The molecule has 0 N–H and O–H groups in total. The van der Waals surface area contributed by atoms with E-state index in [1.165, 1.54) is 5.19 Å². The first-order chi connectivity index (χ1) is 7.02. The lowest BCUT2D eigenvalue weighted by Gasteiger charge is -2.26. The first kappa shape index (κ1) is 12.0. The summed E-state index contributed by atoms with van der Waals surface area (Å²) in [5.41, 5.74) is 0.144. The van der Waals surface area contributed by atoms with Gasteiger partial charge in [0.15, 0.2) is 0 Å². The Bertz CT molecular complexity index is 330. The molecule has 0 aromatic heterocycles. The molecule has 0 aliphatic rings. The van der Waals surface area contributed by atoms with Crippen molar-refractivity contribution >= 4 is 19.5 Å². The minimum absolute atomic E-state index is 0.144. The molecule has 3 heteroatoms. The van der Waals surface area contributed by atoms with Crippen LogP contribution in [0.15, 0.2) is 24.3 Å². The van der Waals surface area contributed by atoms with E-state index in [0.29, 0.717) is 0 Å². The van der Waals surface area contributed by atoms with E-state index in [1.807, 2.05) is 19.1 Å². The lowest BCUT2D eigenvalue weighted by atomic mass is 10.3. The molecule has 1 aromatic rings. The Kier molecular flexibility index (Phi) is 3.69. The van der Waals surface area contributed by atoms with Crippen molar-refractivity contribution in [3.05, 3.63) is 24.3 Å². The standard InChI is InChI=1S/C12H18O2Si/c1-10(9-13)15(3,4)12-7-5-11(14-2)6-8-12/h5-10H,1-4H3/t10-/m0/s1. The number of carbonyl (C=O) groups excluding carboxylic acids is 1. The Labute approximate surface area is 92.3 Å². The summed E-state index contributed by atoms with van der Waals surface area (Å²) in [4.78, 5) is 10.9. The fraction of sp³-hybridized carbons (Fsp3) is 0.417. The maximum Gasteiger partial charge on any atom is 0.120 e. The summed E-state index contributed by atoms with van der Waals surface area (Å²) in [6.45, 7) is 6.44. The van der Waals surface area contributed by atoms with Gasteiger partial charge in [0.25, 0.3) is 0 Å². The number of hydrogen-bond donors (Lipinski definition) is 0. The summed E-state index contributed by atoms with van der Waals surface area (Å²) in [7, 11) is 0.0162. The number of ether oxygens (including phenoxy) is 1. The van der Waals surface area contributed by atoms with Crippen molar-refractivity contribution in [1.82, 2.24) is 0 Å². The predicted molar refractivity (Wildman–Crippen MR) is 65.6 cm³/mol. The average Bonchev–Trinajstić information content (AvgIpc) is 2.28. The van der Waals surface area contributed by atoms with E-state index in [0.717, 1.165) is 12.0 Å². The highest BCUT2D eigenvalue weighted by atomic mass is 28.3. The highest BCUT2D eigenvalue weighted by molar-refractivity contribution is 6.92. The van der Waals surface area contributed by atoms with Crippen LogP contribution in [0.1, 0.15) is 6.92 Å². The van der Waals surface area contributed by atoms with Crippen LogP contribution in [-0.4, -0.2) is 21.5 Å². The molecule has 0 bridgehead atoms. The fourth-order valence-corrected chi connectivity index (χ4v) is 3.35. The van der Waals surface area contributed by atoms with Crippen molar-refractivity contribution < 1.29 is 9.53 Å². The monoisotopic (exact) mass is 222 g/mol. The highest BCUT2D eigenvalue weighted by Crippen LogP contribution is 2.19. The SMILES string of the molecule is COc1ccc([Si](C)(C)[C@@H](C)C=O)cc1. The summed E-state index contributed by atoms with van der Waals surface area (Å²) in [6, 6.07) is 8.07. The van der Waals surface area contributed by atoms with Crippen LogP contribution in [0.3, 0.4) is 0 Å². The minimum atomic E-state index is -1.64. The fourth-order valence-electron chi connectivity index (χ4n) is 1.45. The van der Waals surface area contributed by atoms with E-state index in [9.17, 15) is 4.79 Å². The molecule has 0 unspecified atom stereocenters. The van der Waals surface area contributed by atoms with Gasteiger partial charge in [-0.2, -0.15) is 0 Å². The molecule has 0 aliphatic heterocycles. The van der Waals surface area contributed by atoms with Gasteiger partial charge in [-0.1, -0.05) is 37.3 Å². The van der Waals surface area contributed by atoms with E-state index in [4.69, 9.17) is 4.74 Å². The van der Waals surface area contributed by atoms with Gasteiger partial charge in [0, 0.05) is 5.54 Å². The summed E-state index contributed by atoms with van der Waals surface area (Å²) in [5.74, 6) is 0.863. The second kappa shape index (κ2) is 4.62. The highest BCUT2D eigenvalue weighted by Gasteiger charge is 2.29. The van der Waals surface area contributed by atoms with Gasteiger partial charge in [0.05, 0.1) is 15.2 Å². The Hall–Kier alpha value is -1.09. The summed E-state index contributed by atoms with van der Waals surface area (Å²) >= 11 is 0. The third-order valence-electron chi connectivity index (χ3n) is 3.18. The topological polar surface area (TPSA) is 26.3 Å². The molecule has 1 atom stereocenters. The van der Waals surface area contributed by atoms with Crippen LogP contribution in [0.25, 0.3) is 0 Å². The van der Waals surface area contributed by atoms with Crippen LogP contribution in [0.5, 0.6) is 5.75 Å². The van der Waals surface area contributed by atoms with Crippen LogP contribution in [-0.2, 0) is 4.79 Å². The number of benzene rings is 1. The summed E-state index contributed by atoms with van der Waals surface area (Å²) < 4.78 is 5.11. The second-order valence-electron chi connectivity index (χ2n) is 4.37. The zero-order chi connectivity index (χ0) is 11.5. The Morgan fingerprint density at radius 1 is 1.27 bits per heavy atom.